The summed E-state index contributed by atoms with van der Waals surface area (Å²) in [6, 6.07) is 7.46. The van der Waals surface area contributed by atoms with E-state index in [1.165, 1.54) is 24.4 Å². The van der Waals surface area contributed by atoms with E-state index in [0.717, 1.165) is 6.26 Å². The molecule has 116 valence electrons. The number of hydrogen-bond acceptors (Lipinski definition) is 7. The van der Waals surface area contributed by atoms with E-state index in [2.05, 4.69) is 15.6 Å². The van der Waals surface area contributed by atoms with Gasteiger partial charge in [0.2, 0.25) is 0 Å². The summed E-state index contributed by atoms with van der Waals surface area (Å²) in [5, 5.41) is 16.9. The van der Waals surface area contributed by atoms with E-state index in [1.807, 2.05) is 0 Å². The van der Waals surface area contributed by atoms with Crippen molar-refractivity contribution in [2.45, 2.75) is 4.90 Å². The highest BCUT2D eigenvalue weighted by Gasteiger charge is 2.26. The SMILES string of the molecule is CNc1ccc(Nc2cccc(S(C)(=O)=O)c2[N+](=O)[O-])cn1. The van der Waals surface area contributed by atoms with Crippen LogP contribution in [0.15, 0.2) is 41.4 Å². The van der Waals surface area contributed by atoms with Crippen LogP contribution < -0.4 is 10.6 Å². The first-order chi connectivity index (χ1) is 10.3. The van der Waals surface area contributed by atoms with Crippen molar-refractivity contribution in [3.05, 3.63) is 46.6 Å². The average molecular weight is 322 g/mol. The first-order valence-corrected chi connectivity index (χ1v) is 8.10. The highest BCUT2D eigenvalue weighted by Crippen LogP contribution is 2.33. The molecule has 1 aromatic heterocycles. The molecule has 2 rings (SSSR count). The molecule has 0 fully saturated rings. The molecule has 0 atom stereocenters. The van der Waals surface area contributed by atoms with Crippen LogP contribution in [0.1, 0.15) is 0 Å². The van der Waals surface area contributed by atoms with Crippen molar-refractivity contribution in [2.75, 3.05) is 23.9 Å². The van der Waals surface area contributed by atoms with Crippen LogP contribution in [-0.2, 0) is 9.84 Å². The van der Waals surface area contributed by atoms with Crippen LogP contribution in [0.3, 0.4) is 0 Å². The summed E-state index contributed by atoms with van der Waals surface area (Å²) in [4.78, 5) is 14.3. The number of rotatable bonds is 5. The molecule has 1 aromatic carbocycles. The second-order valence-corrected chi connectivity index (χ2v) is 6.47. The van der Waals surface area contributed by atoms with Gasteiger partial charge in [0.15, 0.2) is 9.84 Å². The minimum Gasteiger partial charge on any atom is -0.373 e. The Morgan fingerprint density at radius 1 is 1.23 bits per heavy atom. The molecule has 0 saturated heterocycles. The minimum atomic E-state index is -3.71. The Morgan fingerprint density at radius 2 is 1.95 bits per heavy atom. The summed E-state index contributed by atoms with van der Waals surface area (Å²) < 4.78 is 23.4. The van der Waals surface area contributed by atoms with Gasteiger partial charge in [-0.25, -0.2) is 13.4 Å². The van der Waals surface area contributed by atoms with Crippen molar-refractivity contribution in [1.29, 1.82) is 0 Å². The largest absolute Gasteiger partial charge is 0.373 e. The van der Waals surface area contributed by atoms with Crippen molar-refractivity contribution in [3.63, 3.8) is 0 Å². The number of anilines is 3. The van der Waals surface area contributed by atoms with Crippen molar-refractivity contribution in [1.82, 2.24) is 4.98 Å². The van der Waals surface area contributed by atoms with Crippen LogP contribution in [0.25, 0.3) is 0 Å². The lowest BCUT2D eigenvalue weighted by atomic mass is 10.2. The topological polar surface area (TPSA) is 114 Å². The molecule has 0 unspecified atom stereocenters. The number of nitrogens with one attached hydrogen (secondary N) is 2. The van der Waals surface area contributed by atoms with Crippen molar-refractivity contribution in [3.8, 4) is 0 Å². The van der Waals surface area contributed by atoms with Crippen LogP contribution in [0.2, 0.25) is 0 Å². The van der Waals surface area contributed by atoms with E-state index in [9.17, 15) is 18.5 Å². The van der Waals surface area contributed by atoms with Gasteiger partial charge in [0.25, 0.3) is 0 Å². The summed E-state index contributed by atoms with van der Waals surface area (Å²) in [5.74, 6) is 0.643. The van der Waals surface area contributed by atoms with E-state index >= 15 is 0 Å². The van der Waals surface area contributed by atoms with Gasteiger partial charge in [-0.15, -0.1) is 0 Å². The maximum absolute atomic E-state index is 11.7. The summed E-state index contributed by atoms with van der Waals surface area (Å²) >= 11 is 0. The van der Waals surface area contributed by atoms with Gasteiger partial charge in [-0.3, -0.25) is 10.1 Å². The zero-order valence-electron chi connectivity index (χ0n) is 11.9. The van der Waals surface area contributed by atoms with Crippen LogP contribution in [0.5, 0.6) is 0 Å². The second kappa shape index (κ2) is 5.98. The molecule has 0 amide bonds. The highest BCUT2D eigenvalue weighted by atomic mass is 32.2. The number of benzene rings is 1. The molecular formula is C13H14N4O4S. The smallest absolute Gasteiger partial charge is 0.311 e. The lowest BCUT2D eigenvalue weighted by molar-refractivity contribution is -0.386. The van der Waals surface area contributed by atoms with Crippen LogP contribution >= 0.6 is 0 Å². The number of hydrogen-bond donors (Lipinski definition) is 2. The van der Waals surface area contributed by atoms with E-state index in [0.29, 0.717) is 11.5 Å². The molecule has 0 aliphatic heterocycles. The van der Waals surface area contributed by atoms with Gasteiger partial charge in [-0.1, -0.05) is 6.07 Å². The molecule has 1 heterocycles. The second-order valence-electron chi connectivity index (χ2n) is 4.49. The van der Waals surface area contributed by atoms with Gasteiger partial charge in [-0.05, 0) is 24.3 Å². The molecule has 0 spiro atoms. The molecule has 8 nitrogen and oxygen atoms in total. The molecule has 2 aromatic rings. The van der Waals surface area contributed by atoms with E-state index in [1.54, 1.807) is 19.2 Å². The fraction of sp³-hybridized carbons (Fsp3) is 0.154. The zero-order valence-corrected chi connectivity index (χ0v) is 12.7. The van der Waals surface area contributed by atoms with Gasteiger partial charge in [0.1, 0.15) is 16.4 Å². The molecule has 0 saturated carbocycles. The van der Waals surface area contributed by atoms with Crippen molar-refractivity contribution >= 4 is 32.7 Å². The molecule has 0 aliphatic rings. The average Bonchev–Trinajstić information content (AvgIpc) is 2.46. The quantitative estimate of drug-likeness (QED) is 0.640. The third-order valence-electron chi connectivity index (χ3n) is 2.88. The molecule has 0 aliphatic carbocycles. The highest BCUT2D eigenvalue weighted by molar-refractivity contribution is 7.90. The number of pyridine rings is 1. The molecule has 22 heavy (non-hydrogen) atoms. The van der Waals surface area contributed by atoms with Gasteiger partial charge < -0.3 is 10.6 Å². The Kier molecular flexibility index (Phi) is 4.27. The number of nitrogens with zero attached hydrogens (tertiary/aromatic N) is 2. The van der Waals surface area contributed by atoms with E-state index < -0.39 is 20.4 Å². The number of para-hydroxylation sites is 1. The monoisotopic (exact) mass is 322 g/mol. The molecular weight excluding hydrogens is 308 g/mol. The Hall–Kier alpha value is -2.68. The third-order valence-corrected chi connectivity index (χ3v) is 4.01. The maximum atomic E-state index is 11.7. The van der Waals surface area contributed by atoms with Crippen LogP contribution in [0, 0.1) is 10.1 Å². The van der Waals surface area contributed by atoms with Crippen LogP contribution in [-0.4, -0.2) is 31.6 Å². The summed E-state index contributed by atoms with van der Waals surface area (Å²) in [7, 11) is -1.99. The Morgan fingerprint density at radius 3 is 2.45 bits per heavy atom. The lowest BCUT2D eigenvalue weighted by Crippen LogP contribution is -2.05. The zero-order chi connectivity index (χ0) is 16.3. The number of nitro groups is 1. The normalized spacial score (nSPS) is 11.0. The predicted octanol–water partition coefficient (Wildman–Crippen LogP) is 2.18. The Bertz CT molecular complexity index is 803. The van der Waals surface area contributed by atoms with Crippen molar-refractivity contribution in [2.24, 2.45) is 0 Å². The fourth-order valence-electron chi connectivity index (χ4n) is 1.88. The van der Waals surface area contributed by atoms with E-state index in [4.69, 9.17) is 0 Å². The molecule has 0 bridgehead atoms. The number of aromatic nitrogens is 1. The number of nitro benzene ring substituents is 1. The molecule has 0 radical (unpaired) electrons. The van der Waals surface area contributed by atoms with Gasteiger partial charge >= 0.3 is 5.69 Å². The summed E-state index contributed by atoms with van der Waals surface area (Å²) in [6.45, 7) is 0. The van der Waals surface area contributed by atoms with Gasteiger partial charge in [0.05, 0.1) is 16.8 Å². The van der Waals surface area contributed by atoms with Gasteiger partial charge in [0, 0.05) is 13.3 Å². The molecule has 9 heteroatoms. The first kappa shape index (κ1) is 15.7. The minimum absolute atomic E-state index is 0.0898. The standard InChI is InChI=1S/C13H14N4O4S/c1-14-12-7-6-9(8-15-12)16-10-4-3-5-11(22(2,20)21)13(10)17(18)19/h3-8,16H,1-2H3,(H,14,15). The third kappa shape index (κ3) is 3.31. The summed E-state index contributed by atoms with van der Waals surface area (Å²) in [6.07, 6.45) is 2.42. The number of sulfone groups is 1. The molecule has 2 N–H and O–H groups in total. The van der Waals surface area contributed by atoms with Crippen molar-refractivity contribution < 1.29 is 13.3 Å². The Labute approximate surface area is 127 Å². The van der Waals surface area contributed by atoms with Gasteiger partial charge in [-0.2, -0.15) is 0 Å². The fourth-order valence-corrected chi connectivity index (χ4v) is 2.74. The lowest BCUT2D eigenvalue weighted by Gasteiger charge is -2.09. The summed E-state index contributed by atoms with van der Waals surface area (Å²) in [5.41, 5.74) is 0.113. The Balaban J connectivity index is 2.48. The maximum Gasteiger partial charge on any atom is 0.311 e. The van der Waals surface area contributed by atoms with E-state index in [-0.39, 0.29) is 10.6 Å². The van der Waals surface area contributed by atoms with Crippen LogP contribution in [0.4, 0.5) is 22.9 Å². The predicted molar refractivity (Wildman–Crippen MR) is 83.3 cm³/mol. The first-order valence-electron chi connectivity index (χ1n) is 6.21.